The summed E-state index contributed by atoms with van der Waals surface area (Å²) in [5, 5.41) is 11.1. The highest BCUT2D eigenvalue weighted by Crippen LogP contribution is 2.37. The van der Waals surface area contributed by atoms with Crippen LogP contribution < -0.4 is 5.56 Å². The summed E-state index contributed by atoms with van der Waals surface area (Å²) in [6, 6.07) is 13.8. The Bertz CT molecular complexity index is 1000. The van der Waals surface area contributed by atoms with Gasteiger partial charge < -0.3 is 5.11 Å². The number of halogens is 1. The maximum absolute atomic E-state index is 12.8. The summed E-state index contributed by atoms with van der Waals surface area (Å²) in [6.07, 6.45) is 1.91. The third-order valence-corrected chi connectivity index (χ3v) is 5.18. The quantitative estimate of drug-likeness (QED) is 0.739. The molecule has 3 aromatic rings. The van der Waals surface area contributed by atoms with Gasteiger partial charge in [-0.1, -0.05) is 41.9 Å². The molecule has 25 heavy (non-hydrogen) atoms. The van der Waals surface area contributed by atoms with E-state index in [4.69, 9.17) is 11.6 Å². The van der Waals surface area contributed by atoms with E-state index in [-0.39, 0.29) is 11.4 Å². The Labute approximate surface area is 150 Å². The predicted molar refractivity (Wildman–Crippen MR) is 100 cm³/mol. The van der Waals surface area contributed by atoms with Gasteiger partial charge in [0.1, 0.15) is 5.56 Å². The van der Waals surface area contributed by atoms with Crippen LogP contribution in [0.1, 0.15) is 18.4 Å². The van der Waals surface area contributed by atoms with E-state index < -0.39 is 0 Å². The molecular weight excluding hydrogens is 336 g/mol. The van der Waals surface area contributed by atoms with E-state index in [1.807, 2.05) is 49.4 Å². The molecule has 0 unspecified atom stereocenters. The number of nitrogens with zero attached hydrogens (tertiary/aromatic N) is 2. The van der Waals surface area contributed by atoms with Crippen LogP contribution in [0.3, 0.4) is 0 Å². The highest BCUT2D eigenvalue weighted by molar-refractivity contribution is 6.33. The molecule has 0 bridgehead atoms. The number of hydrogen-bond donors (Lipinski definition) is 1. The van der Waals surface area contributed by atoms with E-state index in [1.54, 1.807) is 9.36 Å². The molecule has 0 spiro atoms. The lowest BCUT2D eigenvalue weighted by atomic mass is 9.96. The van der Waals surface area contributed by atoms with E-state index in [2.05, 4.69) is 0 Å². The Kier molecular flexibility index (Phi) is 3.92. The van der Waals surface area contributed by atoms with Gasteiger partial charge in [-0.2, -0.15) is 0 Å². The molecule has 0 atom stereocenters. The molecule has 1 aromatic heterocycles. The third-order valence-electron chi connectivity index (χ3n) is 4.87. The van der Waals surface area contributed by atoms with Crippen LogP contribution in [-0.2, 0) is 13.1 Å². The van der Waals surface area contributed by atoms with Crippen molar-refractivity contribution in [2.75, 3.05) is 0 Å². The van der Waals surface area contributed by atoms with Crippen molar-refractivity contribution in [3.63, 3.8) is 0 Å². The van der Waals surface area contributed by atoms with Crippen LogP contribution in [-0.4, -0.2) is 14.5 Å². The van der Waals surface area contributed by atoms with Gasteiger partial charge in [0, 0.05) is 23.7 Å². The van der Waals surface area contributed by atoms with Crippen molar-refractivity contribution < 1.29 is 5.11 Å². The topological polar surface area (TPSA) is 47.2 Å². The lowest BCUT2D eigenvalue weighted by Gasteiger charge is -2.16. The molecule has 0 aliphatic carbocycles. The van der Waals surface area contributed by atoms with E-state index in [0.717, 1.165) is 29.5 Å². The van der Waals surface area contributed by atoms with Crippen LogP contribution in [0.2, 0.25) is 5.02 Å². The second-order valence-electron chi connectivity index (χ2n) is 6.47. The molecule has 0 radical (unpaired) electrons. The average molecular weight is 355 g/mol. The summed E-state index contributed by atoms with van der Waals surface area (Å²) in [6.45, 7) is 3.28. The fourth-order valence-corrected chi connectivity index (χ4v) is 3.85. The van der Waals surface area contributed by atoms with Gasteiger partial charge in [-0.25, -0.2) is 4.68 Å². The van der Waals surface area contributed by atoms with Crippen molar-refractivity contribution >= 4 is 11.6 Å². The van der Waals surface area contributed by atoms with Crippen molar-refractivity contribution in [1.82, 2.24) is 9.36 Å². The smallest absolute Gasteiger partial charge is 0.278 e. The molecular formula is C20H19ClN2O2. The molecule has 0 saturated carbocycles. The molecule has 4 nitrogen and oxygen atoms in total. The third kappa shape index (κ3) is 2.57. The van der Waals surface area contributed by atoms with Crippen LogP contribution >= 0.6 is 11.6 Å². The molecule has 0 amide bonds. The summed E-state index contributed by atoms with van der Waals surface area (Å²) in [5.41, 5.74) is 3.83. The zero-order chi connectivity index (χ0) is 17.6. The second kappa shape index (κ2) is 6.12. The lowest BCUT2D eigenvalue weighted by Crippen LogP contribution is -2.27. The van der Waals surface area contributed by atoms with Crippen molar-refractivity contribution in [3.05, 3.63) is 63.4 Å². The first kappa shape index (κ1) is 16.0. The first-order valence-electron chi connectivity index (χ1n) is 8.46. The highest BCUT2D eigenvalue weighted by Gasteiger charge is 2.24. The van der Waals surface area contributed by atoms with Gasteiger partial charge in [0.05, 0.1) is 0 Å². The zero-order valence-electron chi connectivity index (χ0n) is 14.0. The molecule has 1 N–H and O–H groups in total. The summed E-state index contributed by atoms with van der Waals surface area (Å²) in [4.78, 5) is 12.8. The fraction of sp³-hybridized carbons (Fsp3) is 0.250. The summed E-state index contributed by atoms with van der Waals surface area (Å²) in [5.74, 6) is 0.0125. The van der Waals surface area contributed by atoms with Gasteiger partial charge in [0.15, 0.2) is 0 Å². The van der Waals surface area contributed by atoms with Crippen molar-refractivity contribution in [1.29, 1.82) is 0 Å². The Morgan fingerprint density at radius 1 is 1.00 bits per heavy atom. The van der Waals surface area contributed by atoms with Gasteiger partial charge in [-0.05, 0) is 48.6 Å². The fourth-order valence-electron chi connectivity index (χ4n) is 3.59. The number of hydrogen-bond acceptors (Lipinski definition) is 2. The number of rotatable bonds is 2. The molecule has 5 heteroatoms. The lowest BCUT2D eigenvalue weighted by molar-refractivity contribution is 0.305. The van der Waals surface area contributed by atoms with E-state index in [0.29, 0.717) is 29.2 Å². The number of aryl methyl sites for hydroxylation is 1. The average Bonchev–Trinajstić information content (AvgIpc) is 2.89. The van der Waals surface area contributed by atoms with Gasteiger partial charge in [0.25, 0.3) is 5.56 Å². The van der Waals surface area contributed by atoms with Crippen LogP contribution in [0.5, 0.6) is 5.88 Å². The molecule has 4 rings (SSSR count). The minimum absolute atomic E-state index is 0.0125. The largest absolute Gasteiger partial charge is 0.493 e. The van der Waals surface area contributed by atoms with E-state index in [1.165, 1.54) is 0 Å². The second-order valence-corrected chi connectivity index (χ2v) is 6.88. The van der Waals surface area contributed by atoms with Crippen molar-refractivity contribution in [3.8, 4) is 28.1 Å². The SMILES string of the molecule is Cc1cc(-c2c(O)n3n(c2=O)CCCC3)c(Cl)cc1-c1ccccc1. The summed E-state index contributed by atoms with van der Waals surface area (Å²) < 4.78 is 3.28. The normalized spacial score (nSPS) is 13.7. The van der Waals surface area contributed by atoms with E-state index in [9.17, 15) is 9.90 Å². The number of aromatic hydroxyl groups is 1. The van der Waals surface area contributed by atoms with Crippen LogP contribution in [0, 0.1) is 6.92 Å². The van der Waals surface area contributed by atoms with Crippen LogP contribution in [0.15, 0.2) is 47.3 Å². The van der Waals surface area contributed by atoms with Crippen molar-refractivity contribution in [2.24, 2.45) is 0 Å². The van der Waals surface area contributed by atoms with Gasteiger partial charge in [0.2, 0.25) is 5.88 Å². The van der Waals surface area contributed by atoms with Crippen molar-refractivity contribution in [2.45, 2.75) is 32.9 Å². The molecule has 1 aliphatic rings. The minimum Gasteiger partial charge on any atom is -0.493 e. The summed E-state index contributed by atoms with van der Waals surface area (Å²) in [7, 11) is 0. The van der Waals surface area contributed by atoms with E-state index >= 15 is 0 Å². The zero-order valence-corrected chi connectivity index (χ0v) is 14.8. The molecule has 0 fully saturated rings. The first-order chi connectivity index (χ1) is 12.1. The molecule has 0 saturated heterocycles. The Hall–Kier alpha value is -2.46. The van der Waals surface area contributed by atoms with Crippen LogP contribution in [0.25, 0.3) is 22.3 Å². The molecule has 2 aromatic carbocycles. The number of fused-ring (bicyclic) bond motifs is 1. The summed E-state index contributed by atoms with van der Waals surface area (Å²) >= 11 is 6.52. The first-order valence-corrected chi connectivity index (χ1v) is 8.84. The monoisotopic (exact) mass is 354 g/mol. The Balaban J connectivity index is 1.90. The molecule has 128 valence electrons. The van der Waals surface area contributed by atoms with Gasteiger partial charge in [-0.15, -0.1) is 0 Å². The molecule has 1 aliphatic heterocycles. The minimum atomic E-state index is -0.175. The Morgan fingerprint density at radius 2 is 1.68 bits per heavy atom. The molecule has 2 heterocycles. The number of benzene rings is 2. The van der Waals surface area contributed by atoms with Crippen LogP contribution in [0.4, 0.5) is 0 Å². The maximum Gasteiger partial charge on any atom is 0.278 e. The maximum atomic E-state index is 12.8. The van der Waals surface area contributed by atoms with Gasteiger partial charge >= 0.3 is 0 Å². The standard InChI is InChI=1S/C20H19ClN2O2/c1-13-11-16(17(21)12-15(13)14-7-3-2-4-8-14)18-19(24)22-9-5-6-10-23(22)20(18)25/h2-4,7-8,11-12,24H,5-6,9-10H2,1H3. The number of aromatic nitrogens is 2. The van der Waals surface area contributed by atoms with Gasteiger partial charge in [-0.3, -0.25) is 9.48 Å². The predicted octanol–water partition coefficient (Wildman–Crippen LogP) is 4.45. The Morgan fingerprint density at radius 3 is 2.36 bits per heavy atom. The highest BCUT2D eigenvalue weighted by atomic mass is 35.5.